The van der Waals surface area contributed by atoms with Gasteiger partial charge in [-0.15, -0.1) is 0 Å². The predicted molar refractivity (Wildman–Crippen MR) is 82.1 cm³/mol. The van der Waals surface area contributed by atoms with Crippen molar-refractivity contribution in [2.24, 2.45) is 0 Å². The highest BCUT2D eigenvalue weighted by Gasteiger charge is 2.35. The molecule has 0 N–H and O–H groups in total. The summed E-state index contributed by atoms with van der Waals surface area (Å²) < 4.78 is 5.56. The number of rotatable bonds is 4. The Kier molecular flexibility index (Phi) is 4.19. The van der Waals surface area contributed by atoms with Crippen molar-refractivity contribution in [2.45, 2.75) is 52.5 Å². The van der Waals surface area contributed by atoms with Crippen molar-refractivity contribution in [3.8, 4) is 0 Å². The number of anilines is 1. The second kappa shape index (κ2) is 5.54. The molecule has 0 fully saturated rings. The molecule has 1 aromatic rings. The van der Waals surface area contributed by atoms with E-state index >= 15 is 0 Å². The van der Waals surface area contributed by atoms with E-state index in [0.717, 1.165) is 19.8 Å². The number of nitrogens with zero attached hydrogens (tertiary/aromatic N) is 1. The zero-order valence-corrected chi connectivity index (χ0v) is 13.0. The molecule has 19 heavy (non-hydrogen) atoms. The van der Waals surface area contributed by atoms with Crippen LogP contribution >= 0.6 is 0 Å². The average molecular weight is 261 g/mol. The Morgan fingerprint density at radius 1 is 1.37 bits per heavy atom. The first-order valence-corrected chi connectivity index (χ1v) is 7.41. The van der Waals surface area contributed by atoms with Gasteiger partial charge in [-0.2, -0.15) is 0 Å². The van der Waals surface area contributed by atoms with Crippen molar-refractivity contribution in [3.63, 3.8) is 0 Å². The summed E-state index contributed by atoms with van der Waals surface area (Å²) in [6.07, 6.45) is 1.20. The number of fused-ring (bicyclic) bond motifs is 1. The molecule has 2 nitrogen and oxygen atoms in total. The monoisotopic (exact) mass is 261 g/mol. The Morgan fingerprint density at radius 3 is 2.79 bits per heavy atom. The molecule has 0 radical (unpaired) electrons. The van der Waals surface area contributed by atoms with Gasteiger partial charge in [0.15, 0.2) is 0 Å². The van der Waals surface area contributed by atoms with Gasteiger partial charge in [0.05, 0.1) is 6.61 Å². The van der Waals surface area contributed by atoms with Crippen LogP contribution < -0.4 is 4.90 Å². The summed E-state index contributed by atoms with van der Waals surface area (Å²) in [5.41, 5.74) is 4.44. The first-order valence-electron chi connectivity index (χ1n) is 7.41. The predicted octanol–water partition coefficient (Wildman–Crippen LogP) is 4.12. The molecule has 0 aromatic heterocycles. The van der Waals surface area contributed by atoms with Crippen LogP contribution in [0.1, 0.15) is 51.2 Å². The highest BCUT2D eigenvalue weighted by Crippen LogP contribution is 2.43. The third kappa shape index (κ3) is 2.94. The zero-order valence-electron chi connectivity index (χ0n) is 13.0. The third-order valence-corrected chi connectivity index (χ3v) is 4.21. The van der Waals surface area contributed by atoms with Gasteiger partial charge in [0.2, 0.25) is 0 Å². The SMILES string of the molecule is CCOCCN1c2cc(C)ccc2C(C)CC1(C)C. The van der Waals surface area contributed by atoms with Gasteiger partial charge in [-0.3, -0.25) is 0 Å². The molecule has 0 spiro atoms. The van der Waals surface area contributed by atoms with E-state index in [2.05, 4.69) is 57.7 Å². The Hall–Kier alpha value is -1.02. The Labute approximate surface area is 117 Å². The summed E-state index contributed by atoms with van der Waals surface area (Å²) in [6, 6.07) is 6.87. The molecule has 2 heteroatoms. The molecule has 0 saturated carbocycles. The molecule has 0 bridgehead atoms. The van der Waals surface area contributed by atoms with Crippen LogP contribution in [-0.2, 0) is 4.74 Å². The Balaban J connectivity index is 2.33. The minimum atomic E-state index is 0.206. The molecule has 1 unspecified atom stereocenters. The van der Waals surface area contributed by atoms with Crippen LogP contribution in [-0.4, -0.2) is 25.3 Å². The standard InChI is InChI=1S/C17H27NO/c1-6-19-10-9-18-16-11-13(2)7-8-15(16)14(3)12-17(18,4)5/h7-8,11,14H,6,9-10,12H2,1-5H3. The fourth-order valence-electron chi connectivity index (χ4n) is 3.32. The summed E-state index contributed by atoms with van der Waals surface area (Å²) in [6.45, 7) is 13.9. The number of ether oxygens (including phenoxy) is 1. The fraction of sp³-hybridized carbons (Fsp3) is 0.647. The highest BCUT2D eigenvalue weighted by atomic mass is 16.5. The van der Waals surface area contributed by atoms with Crippen molar-refractivity contribution in [1.29, 1.82) is 0 Å². The van der Waals surface area contributed by atoms with Gasteiger partial charge >= 0.3 is 0 Å². The molecule has 2 rings (SSSR count). The molecule has 0 aliphatic carbocycles. The minimum Gasteiger partial charge on any atom is -0.380 e. The van der Waals surface area contributed by atoms with Crippen molar-refractivity contribution in [2.75, 3.05) is 24.7 Å². The lowest BCUT2D eigenvalue weighted by atomic mass is 9.80. The molecular weight excluding hydrogens is 234 g/mol. The maximum Gasteiger partial charge on any atom is 0.0641 e. The first kappa shape index (κ1) is 14.4. The smallest absolute Gasteiger partial charge is 0.0641 e. The van der Waals surface area contributed by atoms with Gasteiger partial charge in [-0.1, -0.05) is 19.1 Å². The second-order valence-electron chi connectivity index (χ2n) is 6.33. The summed E-state index contributed by atoms with van der Waals surface area (Å²) in [5, 5.41) is 0. The summed E-state index contributed by atoms with van der Waals surface area (Å²) in [5.74, 6) is 0.633. The largest absolute Gasteiger partial charge is 0.380 e. The van der Waals surface area contributed by atoms with E-state index in [1.165, 1.54) is 23.2 Å². The quantitative estimate of drug-likeness (QED) is 0.756. The summed E-state index contributed by atoms with van der Waals surface area (Å²) in [7, 11) is 0. The molecule has 1 atom stereocenters. The molecule has 0 saturated heterocycles. The van der Waals surface area contributed by atoms with E-state index in [-0.39, 0.29) is 5.54 Å². The molecule has 106 valence electrons. The lowest BCUT2D eigenvalue weighted by Gasteiger charge is -2.47. The first-order chi connectivity index (χ1) is 8.95. The van der Waals surface area contributed by atoms with E-state index in [1.54, 1.807) is 0 Å². The van der Waals surface area contributed by atoms with Gasteiger partial charge in [0, 0.05) is 24.4 Å². The van der Waals surface area contributed by atoms with E-state index < -0.39 is 0 Å². The van der Waals surface area contributed by atoms with Crippen LogP contribution in [0.3, 0.4) is 0 Å². The lowest BCUT2D eigenvalue weighted by Crippen LogP contribution is -2.49. The Bertz CT molecular complexity index is 439. The van der Waals surface area contributed by atoms with Crippen LogP contribution in [0.25, 0.3) is 0 Å². The van der Waals surface area contributed by atoms with Crippen molar-refractivity contribution in [1.82, 2.24) is 0 Å². The molecule has 1 heterocycles. The number of hydrogen-bond acceptors (Lipinski definition) is 2. The maximum atomic E-state index is 5.56. The lowest BCUT2D eigenvalue weighted by molar-refractivity contribution is 0.148. The van der Waals surface area contributed by atoms with Crippen molar-refractivity contribution < 1.29 is 4.74 Å². The summed E-state index contributed by atoms with van der Waals surface area (Å²) in [4.78, 5) is 2.53. The van der Waals surface area contributed by atoms with E-state index in [0.29, 0.717) is 5.92 Å². The van der Waals surface area contributed by atoms with Gasteiger partial charge in [-0.05, 0) is 57.2 Å². The number of benzene rings is 1. The number of hydrogen-bond donors (Lipinski definition) is 0. The van der Waals surface area contributed by atoms with Crippen LogP contribution in [0, 0.1) is 6.92 Å². The van der Waals surface area contributed by atoms with Gasteiger partial charge in [-0.25, -0.2) is 0 Å². The van der Waals surface area contributed by atoms with Crippen molar-refractivity contribution >= 4 is 5.69 Å². The maximum absolute atomic E-state index is 5.56. The highest BCUT2D eigenvalue weighted by molar-refractivity contribution is 5.60. The number of aryl methyl sites for hydroxylation is 1. The van der Waals surface area contributed by atoms with Crippen LogP contribution in [0.2, 0.25) is 0 Å². The normalized spacial score (nSPS) is 21.3. The van der Waals surface area contributed by atoms with Gasteiger partial charge in [0.1, 0.15) is 0 Å². The Morgan fingerprint density at radius 2 is 2.11 bits per heavy atom. The second-order valence-corrected chi connectivity index (χ2v) is 6.33. The zero-order chi connectivity index (χ0) is 14.0. The summed E-state index contributed by atoms with van der Waals surface area (Å²) >= 11 is 0. The molecule has 1 aromatic carbocycles. The van der Waals surface area contributed by atoms with Crippen LogP contribution in [0.4, 0.5) is 5.69 Å². The van der Waals surface area contributed by atoms with Gasteiger partial charge < -0.3 is 9.64 Å². The third-order valence-electron chi connectivity index (χ3n) is 4.21. The van der Waals surface area contributed by atoms with Crippen LogP contribution in [0.5, 0.6) is 0 Å². The topological polar surface area (TPSA) is 12.5 Å². The molecule has 1 aliphatic rings. The molecule has 0 amide bonds. The fourth-order valence-corrected chi connectivity index (χ4v) is 3.32. The minimum absolute atomic E-state index is 0.206. The molecule has 1 aliphatic heterocycles. The van der Waals surface area contributed by atoms with Crippen LogP contribution in [0.15, 0.2) is 18.2 Å². The van der Waals surface area contributed by atoms with Crippen molar-refractivity contribution in [3.05, 3.63) is 29.3 Å². The van der Waals surface area contributed by atoms with E-state index in [1.807, 2.05) is 0 Å². The van der Waals surface area contributed by atoms with E-state index in [9.17, 15) is 0 Å². The average Bonchev–Trinajstić information content (AvgIpc) is 2.32. The van der Waals surface area contributed by atoms with E-state index in [4.69, 9.17) is 4.74 Å². The van der Waals surface area contributed by atoms with Gasteiger partial charge in [0.25, 0.3) is 0 Å². The molecular formula is C17H27NO.